The van der Waals surface area contributed by atoms with E-state index in [0.717, 1.165) is 0 Å². The summed E-state index contributed by atoms with van der Waals surface area (Å²) in [6, 6.07) is 6.45. The first-order chi connectivity index (χ1) is 10.4. The van der Waals surface area contributed by atoms with Crippen LogP contribution in [0.4, 0.5) is 5.82 Å². The molecule has 0 fully saturated rings. The molecule has 1 heterocycles. The number of rotatable bonds is 4. The minimum atomic E-state index is -0.650. The smallest absolute Gasteiger partial charge is 0.363 e. The van der Waals surface area contributed by atoms with Crippen LogP contribution >= 0.6 is 0 Å². The summed E-state index contributed by atoms with van der Waals surface area (Å²) in [6.07, 6.45) is -0.292. The number of esters is 2. The van der Waals surface area contributed by atoms with Crippen LogP contribution in [0.15, 0.2) is 24.3 Å². The SMILES string of the molecule is COC(=O)c1cccc(-n2nnc(C(=O)OC(C)C)c2N)c1. The van der Waals surface area contributed by atoms with Crippen LogP contribution in [-0.2, 0) is 9.47 Å². The summed E-state index contributed by atoms with van der Waals surface area (Å²) in [4.78, 5) is 23.4. The zero-order chi connectivity index (χ0) is 16.3. The molecule has 2 aromatic rings. The number of hydrogen-bond donors (Lipinski definition) is 1. The third-order valence-corrected chi connectivity index (χ3v) is 2.75. The summed E-state index contributed by atoms with van der Waals surface area (Å²) in [5, 5.41) is 7.57. The maximum Gasteiger partial charge on any atom is 0.363 e. The number of carbonyl (C=O) groups is 2. The van der Waals surface area contributed by atoms with Crippen molar-refractivity contribution in [3.8, 4) is 5.69 Å². The summed E-state index contributed by atoms with van der Waals surface area (Å²) in [7, 11) is 1.29. The van der Waals surface area contributed by atoms with Crippen LogP contribution < -0.4 is 5.73 Å². The van der Waals surface area contributed by atoms with Gasteiger partial charge < -0.3 is 15.2 Å². The standard InChI is InChI=1S/C14H16N4O4/c1-8(2)22-14(20)11-12(15)18(17-16-11)10-6-4-5-9(7-10)13(19)21-3/h4-8H,15H2,1-3H3. The van der Waals surface area contributed by atoms with Crippen molar-refractivity contribution in [2.24, 2.45) is 0 Å². The highest BCUT2D eigenvalue weighted by atomic mass is 16.5. The molecule has 116 valence electrons. The highest BCUT2D eigenvalue weighted by Crippen LogP contribution is 2.17. The second-order valence-electron chi connectivity index (χ2n) is 4.73. The lowest BCUT2D eigenvalue weighted by Crippen LogP contribution is -2.14. The van der Waals surface area contributed by atoms with Crippen LogP contribution in [-0.4, -0.2) is 40.1 Å². The van der Waals surface area contributed by atoms with Crippen molar-refractivity contribution in [3.05, 3.63) is 35.5 Å². The number of hydrogen-bond acceptors (Lipinski definition) is 7. The van der Waals surface area contributed by atoms with Gasteiger partial charge in [0.1, 0.15) is 0 Å². The first kappa shape index (κ1) is 15.5. The molecule has 1 aromatic carbocycles. The van der Waals surface area contributed by atoms with E-state index in [0.29, 0.717) is 11.3 Å². The first-order valence-corrected chi connectivity index (χ1v) is 6.55. The summed E-state index contributed by atoms with van der Waals surface area (Å²) < 4.78 is 10.9. The van der Waals surface area contributed by atoms with Gasteiger partial charge in [0.15, 0.2) is 5.82 Å². The van der Waals surface area contributed by atoms with Gasteiger partial charge in [0.2, 0.25) is 5.69 Å². The maximum absolute atomic E-state index is 11.8. The number of nitrogen functional groups attached to an aromatic ring is 1. The molecule has 2 rings (SSSR count). The van der Waals surface area contributed by atoms with Crippen molar-refractivity contribution in [1.82, 2.24) is 15.0 Å². The normalized spacial score (nSPS) is 10.5. The van der Waals surface area contributed by atoms with Crippen molar-refractivity contribution < 1.29 is 19.1 Å². The molecular weight excluding hydrogens is 288 g/mol. The molecule has 0 aliphatic heterocycles. The number of methoxy groups -OCH3 is 1. The van der Waals surface area contributed by atoms with Gasteiger partial charge in [-0.05, 0) is 32.0 Å². The molecule has 0 spiro atoms. The third-order valence-electron chi connectivity index (χ3n) is 2.75. The average Bonchev–Trinajstić information content (AvgIpc) is 2.87. The number of nitrogens with two attached hydrogens (primary N) is 1. The molecular formula is C14H16N4O4. The van der Waals surface area contributed by atoms with E-state index in [1.807, 2.05) is 0 Å². The summed E-state index contributed by atoms with van der Waals surface area (Å²) >= 11 is 0. The molecule has 0 bridgehead atoms. The Morgan fingerprint density at radius 1 is 1.27 bits per heavy atom. The fraction of sp³-hybridized carbons (Fsp3) is 0.286. The first-order valence-electron chi connectivity index (χ1n) is 6.55. The number of benzene rings is 1. The molecule has 0 amide bonds. The van der Waals surface area contributed by atoms with E-state index in [-0.39, 0.29) is 17.6 Å². The van der Waals surface area contributed by atoms with Gasteiger partial charge in [0.05, 0.1) is 24.5 Å². The molecule has 2 N–H and O–H groups in total. The third kappa shape index (κ3) is 3.05. The van der Waals surface area contributed by atoms with Crippen molar-refractivity contribution in [3.63, 3.8) is 0 Å². The molecule has 0 aliphatic rings. The molecule has 0 atom stereocenters. The van der Waals surface area contributed by atoms with E-state index in [1.54, 1.807) is 32.0 Å². The van der Waals surface area contributed by atoms with E-state index in [1.165, 1.54) is 17.9 Å². The summed E-state index contributed by atoms with van der Waals surface area (Å²) in [5.41, 5.74) is 6.64. The van der Waals surface area contributed by atoms with Gasteiger partial charge in [-0.1, -0.05) is 11.3 Å². The molecule has 0 saturated carbocycles. The molecule has 22 heavy (non-hydrogen) atoms. The van der Waals surface area contributed by atoms with E-state index in [4.69, 9.17) is 10.5 Å². The van der Waals surface area contributed by atoms with Gasteiger partial charge in [-0.15, -0.1) is 5.10 Å². The van der Waals surface area contributed by atoms with Crippen LogP contribution in [0.5, 0.6) is 0 Å². The molecule has 0 aliphatic carbocycles. The van der Waals surface area contributed by atoms with Crippen LogP contribution in [0.3, 0.4) is 0 Å². The average molecular weight is 304 g/mol. The Labute approximate surface area is 126 Å². The lowest BCUT2D eigenvalue weighted by Gasteiger charge is -2.07. The topological polar surface area (TPSA) is 109 Å². The lowest BCUT2D eigenvalue weighted by molar-refractivity contribution is 0.0371. The number of nitrogens with zero attached hydrogens (tertiary/aromatic N) is 3. The second kappa shape index (κ2) is 6.25. The van der Waals surface area contributed by atoms with Gasteiger partial charge in [-0.2, -0.15) is 4.68 Å². The highest BCUT2D eigenvalue weighted by molar-refractivity contribution is 5.92. The van der Waals surface area contributed by atoms with Gasteiger partial charge in [-0.3, -0.25) is 0 Å². The van der Waals surface area contributed by atoms with Crippen molar-refractivity contribution in [2.45, 2.75) is 20.0 Å². The fourth-order valence-corrected chi connectivity index (χ4v) is 1.78. The summed E-state index contributed by atoms with van der Waals surface area (Å²) in [6.45, 7) is 3.44. The Balaban J connectivity index is 2.37. The molecule has 8 heteroatoms. The van der Waals surface area contributed by atoms with E-state index >= 15 is 0 Å². The largest absolute Gasteiger partial charge is 0.465 e. The Hall–Kier alpha value is -2.90. The van der Waals surface area contributed by atoms with Gasteiger partial charge >= 0.3 is 11.9 Å². The van der Waals surface area contributed by atoms with Gasteiger partial charge in [0, 0.05) is 0 Å². The second-order valence-corrected chi connectivity index (χ2v) is 4.73. The highest BCUT2D eigenvalue weighted by Gasteiger charge is 2.21. The van der Waals surface area contributed by atoms with Crippen LogP contribution in [0.2, 0.25) is 0 Å². The molecule has 8 nitrogen and oxygen atoms in total. The Morgan fingerprint density at radius 2 is 2.00 bits per heavy atom. The molecule has 1 aromatic heterocycles. The van der Waals surface area contributed by atoms with Crippen molar-refractivity contribution >= 4 is 17.8 Å². The van der Waals surface area contributed by atoms with E-state index < -0.39 is 11.9 Å². The lowest BCUT2D eigenvalue weighted by atomic mass is 10.2. The Kier molecular flexibility index (Phi) is 4.40. The van der Waals surface area contributed by atoms with Crippen LogP contribution in [0.1, 0.15) is 34.7 Å². The minimum absolute atomic E-state index is 0.0349. The van der Waals surface area contributed by atoms with E-state index in [2.05, 4.69) is 15.0 Å². The minimum Gasteiger partial charge on any atom is -0.465 e. The van der Waals surface area contributed by atoms with Crippen molar-refractivity contribution in [1.29, 1.82) is 0 Å². The predicted octanol–water partition coefficient (Wildman–Crippen LogP) is 1.20. The number of carbonyl (C=O) groups excluding carboxylic acids is 2. The maximum atomic E-state index is 11.8. The molecule has 0 saturated heterocycles. The monoisotopic (exact) mass is 304 g/mol. The Bertz CT molecular complexity index is 709. The molecule has 0 radical (unpaired) electrons. The predicted molar refractivity (Wildman–Crippen MR) is 77.7 cm³/mol. The zero-order valence-corrected chi connectivity index (χ0v) is 12.4. The quantitative estimate of drug-likeness (QED) is 0.845. The van der Waals surface area contributed by atoms with Crippen LogP contribution in [0.25, 0.3) is 5.69 Å². The summed E-state index contributed by atoms with van der Waals surface area (Å²) in [5.74, 6) is -1.10. The van der Waals surface area contributed by atoms with E-state index in [9.17, 15) is 9.59 Å². The Morgan fingerprint density at radius 3 is 2.64 bits per heavy atom. The van der Waals surface area contributed by atoms with Gasteiger partial charge in [0.25, 0.3) is 0 Å². The fourth-order valence-electron chi connectivity index (χ4n) is 1.78. The van der Waals surface area contributed by atoms with Crippen molar-refractivity contribution in [2.75, 3.05) is 12.8 Å². The number of anilines is 1. The number of ether oxygens (including phenoxy) is 2. The molecule has 0 unspecified atom stereocenters. The number of aromatic nitrogens is 3. The zero-order valence-electron chi connectivity index (χ0n) is 12.4. The van der Waals surface area contributed by atoms with Gasteiger partial charge in [-0.25, -0.2) is 9.59 Å². The van der Waals surface area contributed by atoms with Crippen LogP contribution in [0, 0.1) is 0 Å².